The van der Waals surface area contributed by atoms with Gasteiger partial charge in [0.1, 0.15) is 6.04 Å². The fourth-order valence-electron chi connectivity index (χ4n) is 1.73. The molecular formula is C12H19N5O4. The monoisotopic (exact) mass is 297 g/mol. The number of hydrogen-bond acceptors (Lipinski definition) is 5. The molecule has 0 saturated carbocycles. The molecule has 0 aliphatic carbocycles. The summed E-state index contributed by atoms with van der Waals surface area (Å²) >= 11 is 0. The number of aliphatic carboxylic acids is 1. The van der Waals surface area contributed by atoms with E-state index in [0.29, 0.717) is 6.54 Å². The predicted octanol–water partition coefficient (Wildman–Crippen LogP) is -0.894. The minimum atomic E-state index is -1.09. The molecule has 0 radical (unpaired) electrons. The normalized spacial score (nSPS) is 11.7. The largest absolute Gasteiger partial charge is 0.480 e. The van der Waals surface area contributed by atoms with E-state index in [9.17, 15) is 14.4 Å². The predicted molar refractivity (Wildman–Crippen MR) is 72.1 cm³/mol. The van der Waals surface area contributed by atoms with Crippen LogP contribution in [0, 0.1) is 0 Å². The topological polar surface area (TPSA) is 117 Å². The number of nitrogens with zero attached hydrogens (tertiary/aromatic N) is 4. The number of carboxylic acid groups (broad SMARTS) is 1. The fraction of sp³-hybridized carbons (Fsp3) is 0.583. The van der Waals surface area contributed by atoms with E-state index in [1.165, 1.54) is 29.6 Å². The maximum Gasteiger partial charge on any atom is 0.326 e. The zero-order chi connectivity index (χ0) is 15.8. The van der Waals surface area contributed by atoms with Gasteiger partial charge in [0.25, 0.3) is 0 Å². The Morgan fingerprint density at radius 1 is 1.43 bits per heavy atom. The molecule has 0 fully saturated rings. The number of carboxylic acids is 1. The van der Waals surface area contributed by atoms with E-state index in [1.54, 1.807) is 6.20 Å². The molecule has 1 aromatic rings. The van der Waals surface area contributed by atoms with Crippen LogP contribution in [0.1, 0.15) is 20.3 Å². The molecular weight excluding hydrogens is 278 g/mol. The van der Waals surface area contributed by atoms with Gasteiger partial charge in [-0.2, -0.15) is 0 Å². The minimum Gasteiger partial charge on any atom is -0.480 e. The summed E-state index contributed by atoms with van der Waals surface area (Å²) in [7, 11) is 0. The highest BCUT2D eigenvalue weighted by molar-refractivity contribution is 5.83. The minimum absolute atomic E-state index is 0.112. The SMILES string of the molecule is CC(=O)NCCN(C(=O)CCn1ccnn1)C(C)C(=O)O. The zero-order valence-electron chi connectivity index (χ0n) is 12.0. The van der Waals surface area contributed by atoms with Crippen LogP contribution in [0.4, 0.5) is 0 Å². The highest BCUT2D eigenvalue weighted by Gasteiger charge is 2.24. The van der Waals surface area contributed by atoms with Gasteiger partial charge in [-0.15, -0.1) is 5.10 Å². The van der Waals surface area contributed by atoms with Crippen LogP contribution in [0.3, 0.4) is 0 Å². The van der Waals surface area contributed by atoms with Crippen LogP contribution in [0.2, 0.25) is 0 Å². The van der Waals surface area contributed by atoms with Crippen LogP contribution in [0.5, 0.6) is 0 Å². The van der Waals surface area contributed by atoms with Gasteiger partial charge in [0.2, 0.25) is 11.8 Å². The van der Waals surface area contributed by atoms with Crippen molar-refractivity contribution >= 4 is 17.8 Å². The lowest BCUT2D eigenvalue weighted by atomic mass is 10.2. The number of aryl methyl sites for hydroxylation is 1. The number of rotatable bonds is 8. The van der Waals surface area contributed by atoms with Crippen LogP contribution in [-0.4, -0.2) is 61.9 Å². The lowest BCUT2D eigenvalue weighted by molar-refractivity contribution is -0.149. The van der Waals surface area contributed by atoms with Gasteiger partial charge in [-0.1, -0.05) is 5.21 Å². The van der Waals surface area contributed by atoms with Gasteiger partial charge < -0.3 is 15.3 Å². The maximum atomic E-state index is 12.1. The van der Waals surface area contributed by atoms with Gasteiger partial charge in [-0.05, 0) is 6.92 Å². The number of carbonyl (C=O) groups is 3. The van der Waals surface area contributed by atoms with Gasteiger partial charge in [0.05, 0.1) is 12.7 Å². The van der Waals surface area contributed by atoms with Gasteiger partial charge in [-0.25, -0.2) is 4.79 Å². The Morgan fingerprint density at radius 3 is 2.67 bits per heavy atom. The summed E-state index contributed by atoms with van der Waals surface area (Å²) in [6, 6.07) is -0.956. The number of aromatic nitrogens is 3. The summed E-state index contributed by atoms with van der Waals surface area (Å²) < 4.78 is 1.50. The van der Waals surface area contributed by atoms with E-state index in [1.807, 2.05) is 0 Å². The number of carbonyl (C=O) groups excluding carboxylic acids is 2. The molecule has 0 saturated heterocycles. The third-order valence-electron chi connectivity index (χ3n) is 2.90. The van der Waals surface area contributed by atoms with Crippen molar-refractivity contribution in [1.82, 2.24) is 25.2 Å². The average molecular weight is 297 g/mol. The Labute approximate surface area is 121 Å². The van der Waals surface area contributed by atoms with Gasteiger partial charge in [-0.3, -0.25) is 14.3 Å². The Kier molecular flexibility index (Phi) is 6.31. The van der Waals surface area contributed by atoms with E-state index in [0.717, 1.165) is 0 Å². The number of hydrogen-bond donors (Lipinski definition) is 2. The summed E-state index contributed by atoms with van der Waals surface area (Å²) in [6.45, 7) is 3.47. The third-order valence-corrected chi connectivity index (χ3v) is 2.90. The molecule has 2 N–H and O–H groups in total. The molecule has 9 nitrogen and oxygen atoms in total. The van der Waals surface area contributed by atoms with Crippen LogP contribution in [-0.2, 0) is 20.9 Å². The molecule has 116 valence electrons. The Morgan fingerprint density at radius 2 is 2.14 bits per heavy atom. The fourth-order valence-corrected chi connectivity index (χ4v) is 1.73. The molecule has 0 aromatic carbocycles. The van der Waals surface area contributed by atoms with Crippen LogP contribution < -0.4 is 5.32 Å². The van der Waals surface area contributed by atoms with Crippen LogP contribution in [0.25, 0.3) is 0 Å². The summed E-state index contributed by atoms with van der Waals surface area (Å²) in [5, 5.41) is 19.0. The molecule has 2 amide bonds. The first-order valence-corrected chi connectivity index (χ1v) is 6.52. The lowest BCUT2D eigenvalue weighted by Gasteiger charge is -2.26. The molecule has 0 bridgehead atoms. The maximum absolute atomic E-state index is 12.1. The molecule has 1 rings (SSSR count). The lowest BCUT2D eigenvalue weighted by Crippen LogP contribution is -2.47. The van der Waals surface area contributed by atoms with E-state index < -0.39 is 12.0 Å². The Bertz CT molecular complexity index is 488. The van der Waals surface area contributed by atoms with Crippen LogP contribution >= 0.6 is 0 Å². The van der Waals surface area contributed by atoms with Crippen molar-refractivity contribution in [3.05, 3.63) is 12.4 Å². The standard InChI is InChI=1S/C12H19N5O4/c1-9(12(20)21)17(8-4-13-10(2)18)11(19)3-6-16-7-5-14-15-16/h5,7,9H,3-4,6,8H2,1-2H3,(H,13,18)(H,20,21). The summed E-state index contributed by atoms with van der Waals surface area (Å²) in [4.78, 5) is 35.3. The van der Waals surface area contributed by atoms with Gasteiger partial charge >= 0.3 is 5.97 Å². The second kappa shape index (κ2) is 7.98. The second-order valence-corrected chi connectivity index (χ2v) is 4.50. The Hall–Kier alpha value is -2.45. The first-order valence-electron chi connectivity index (χ1n) is 6.52. The van der Waals surface area contributed by atoms with Crippen molar-refractivity contribution in [3.63, 3.8) is 0 Å². The van der Waals surface area contributed by atoms with Crippen molar-refractivity contribution in [2.75, 3.05) is 13.1 Å². The molecule has 1 atom stereocenters. The zero-order valence-corrected chi connectivity index (χ0v) is 12.0. The van der Waals surface area contributed by atoms with E-state index in [-0.39, 0.29) is 31.3 Å². The number of amides is 2. The van der Waals surface area contributed by atoms with E-state index in [4.69, 9.17) is 5.11 Å². The highest BCUT2D eigenvalue weighted by atomic mass is 16.4. The molecule has 0 spiro atoms. The second-order valence-electron chi connectivity index (χ2n) is 4.50. The molecule has 1 unspecified atom stereocenters. The molecule has 21 heavy (non-hydrogen) atoms. The van der Waals surface area contributed by atoms with Gasteiger partial charge in [0, 0.05) is 32.6 Å². The molecule has 9 heteroatoms. The molecule has 1 aromatic heterocycles. The van der Waals surface area contributed by atoms with Crippen molar-refractivity contribution < 1.29 is 19.5 Å². The van der Waals surface area contributed by atoms with Gasteiger partial charge in [0.15, 0.2) is 0 Å². The third kappa shape index (κ3) is 5.59. The summed E-state index contributed by atoms with van der Waals surface area (Å²) in [5.74, 6) is -1.63. The molecule has 1 heterocycles. The molecule has 0 aliphatic heterocycles. The smallest absolute Gasteiger partial charge is 0.326 e. The highest BCUT2D eigenvalue weighted by Crippen LogP contribution is 2.04. The van der Waals surface area contributed by atoms with E-state index in [2.05, 4.69) is 15.6 Å². The van der Waals surface area contributed by atoms with Crippen molar-refractivity contribution in [3.8, 4) is 0 Å². The van der Waals surface area contributed by atoms with Crippen molar-refractivity contribution in [2.24, 2.45) is 0 Å². The average Bonchev–Trinajstić information content (AvgIpc) is 2.93. The first-order chi connectivity index (χ1) is 9.91. The summed E-state index contributed by atoms with van der Waals surface area (Å²) in [6.07, 6.45) is 3.23. The first kappa shape index (κ1) is 16.6. The molecule has 0 aliphatic rings. The van der Waals surface area contributed by atoms with Crippen LogP contribution in [0.15, 0.2) is 12.4 Å². The van der Waals surface area contributed by atoms with Crippen molar-refractivity contribution in [2.45, 2.75) is 32.9 Å². The Balaban J connectivity index is 2.58. The quantitative estimate of drug-likeness (QED) is 0.642. The van der Waals surface area contributed by atoms with E-state index >= 15 is 0 Å². The number of nitrogens with one attached hydrogen (secondary N) is 1. The summed E-state index contributed by atoms with van der Waals surface area (Å²) in [5.41, 5.74) is 0. The van der Waals surface area contributed by atoms with Crippen molar-refractivity contribution in [1.29, 1.82) is 0 Å².